The SMILES string of the molecule is Cn1cnc2c1C(C(=O)N1CCOCC1)CN(CCc1ccccc1)C2. The van der Waals surface area contributed by atoms with Crippen molar-refractivity contribution in [1.82, 2.24) is 19.4 Å². The topological polar surface area (TPSA) is 50.6 Å². The molecule has 6 heteroatoms. The molecule has 2 aromatic rings. The number of imidazole rings is 1. The fourth-order valence-electron chi connectivity index (χ4n) is 3.98. The van der Waals surface area contributed by atoms with Gasteiger partial charge < -0.3 is 14.2 Å². The Morgan fingerprint density at radius 2 is 2.00 bits per heavy atom. The molecule has 1 fully saturated rings. The summed E-state index contributed by atoms with van der Waals surface area (Å²) in [5, 5.41) is 0. The summed E-state index contributed by atoms with van der Waals surface area (Å²) in [6.07, 6.45) is 2.83. The van der Waals surface area contributed by atoms with E-state index in [0.29, 0.717) is 26.3 Å². The van der Waals surface area contributed by atoms with Gasteiger partial charge in [-0.05, 0) is 12.0 Å². The number of carbonyl (C=O) groups is 1. The zero-order chi connectivity index (χ0) is 17.9. The molecular weight excluding hydrogens is 328 g/mol. The van der Waals surface area contributed by atoms with Crippen molar-refractivity contribution in [3.63, 3.8) is 0 Å². The van der Waals surface area contributed by atoms with Gasteiger partial charge in [-0.25, -0.2) is 4.98 Å². The Hall–Kier alpha value is -2.18. The van der Waals surface area contributed by atoms with Crippen LogP contribution in [0.3, 0.4) is 0 Å². The second-order valence-electron chi connectivity index (χ2n) is 7.15. The largest absolute Gasteiger partial charge is 0.378 e. The minimum Gasteiger partial charge on any atom is -0.378 e. The van der Waals surface area contributed by atoms with Gasteiger partial charge in [-0.3, -0.25) is 9.69 Å². The lowest BCUT2D eigenvalue weighted by Crippen LogP contribution is -2.47. The highest BCUT2D eigenvalue weighted by Gasteiger charge is 2.36. The van der Waals surface area contributed by atoms with E-state index in [-0.39, 0.29) is 11.8 Å². The zero-order valence-electron chi connectivity index (χ0n) is 15.3. The third-order valence-electron chi connectivity index (χ3n) is 5.39. The molecule has 0 spiro atoms. The summed E-state index contributed by atoms with van der Waals surface area (Å²) in [5.41, 5.74) is 3.45. The van der Waals surface area contributed by atoms with E-state index in [9.17, 15) is 4.79 Å². The van der Waals surface area contributed by atoms with E-state index < -0.39 is 0 Å². The smallest absolute Gasteiger partial charge is 0.233 e. The van der Waals surface area contributed by atoms with Crippen LogP contribution in [0.1, 0.15) is 22.9 Å². The molecule has 2 aliphatic rings. The molecule has 138 valence electrons. The molecular formula is C20H26N4O2. The van der Waals surface area contributed by atoms with Crippen molar-refractivity contribution in [2.24, 2.45) is 7.05 Å². The molecule has 0 saturated carbocycles. The number of ether oxygens (including phenoxy) is 1. The quantitative estimate of drug-likeness (QED) is 0.833. The molecule has 1 unspecified atom stereocenters. The number of aromatic nitrogens is 2. The standard InChI is InChI=1S/C20H26N4O2/c1-22-15-21-18-14-23(8-7-16-5-3-2-4-6-16)13-17(19(18)22)20(25)24-9-11-26-12-10-24/h2-6,15,17H,7-14H2,1H3. The molecule has 1 amide bonds. The van der Waals surface area contributed by atoms with Crippen LogP contribution in [0.15, 0.2) is 36.7 Å². The lowest BCUT2D eigenvalue weighted by molar-refractivity contribution is -0.137. The summed E-state index contributed by atoms with van der Waals surface area (Å²) in [6.45, 7) is 5.15. The highest BCUT2D eigenvalue weighted by molar-refractivity contribution is 5.84. The van der Waals surface area contributed by atoms with Gasteiger partial charge in [0.2, 0.25) is 5.91 Å². The summed E-state index contributed by atoms with van der Waals surface area (Å²) < 4.78 is 7.42. The maximum absolute atomic E-state index is 13.2. The number of benzene rings is 1. The van der Waals surface area contributed by atoms with Crippen LogP contribution in [0.5, 0.6) is 0 Å². The van der Waals surface area contributed by atoms with Gasteiger partial charge >= 0.3 is 0 Å². The molecule has 3 heterocycles. The zero-order valence-corrected chi connectivity index (χ0v) is 15.3. The number of nitrogens with zero attached hydrogens (tertiary/aromatic N) is 4. The van der Waals surface area contributed by atoms with Crippen LogP contribution in [0.25, 0.3) is 0 Å². The molecule has 1 saturated heterocycles. The van der Waals surface area contributed by atoms with Crippen LogP contribution in [0.2, 0.25) is 0 Å². The Morgan fingerprint density at radius 1 is 1.23 bits per heavy atom. The van der Waals surface area contributed by atoms with E-state index in [4.69, 9.17) is 4.74 Å². The van der Waals surface area contributed by atoms with E-state index >= 15 is 0 Å². The highest BCUT2D eigenvalue weighted by Crippen LogP contribution is 2.29. The number of carbonyl (C=O) groups excluding carboxylic acids is 1. The summed E-state index contributed by atoms with van der Waals surface area (Å²) >= 11 is 0. The summed E-state index contributed by atoms with van der Waals surface area (Å²) in [4.78, 5) is 22.1. The Kier molecular flexibility index (Phi) is 5.04. The molecule has 0 N–H and O–H groups in total. The minimum atomic E-state index is -0.139. The molecule has 26 heavy (non-hydrogen) atoms. The number of morpholine rings is 1. The van der Waals surface area contributed by atoms with Crippen molar-refractivity contribution in [3.05, 3.63) is 53.6 Å². The maximum atomic E-state index is 13.2. The number of amides is 1. The van der Waals surface area contributed by atoms with Crippen LogP contribution in [-0.2, 0) is 29.5 Å². The van der Waals surface area contributed by atoms with Crippen molar-refractivity contribution in [1.29, 1.82) is 0 Å². The fraction of sp³-hybridized carbons (Fsp3) is 0.500. The van der Waals surface area contributed by atoms with Gasteiger partial charge in [-0.2, -0.15) is 0 Å². The number of hydrogen-bond acceptors (Lipinski definition) is 4. The molecule has 2 aliphatic heterocycles. The molecule has 0 radical (unpaired) electrons. The first-order valence-electron chi connectivity index (χ1n) is 9.35. The van der Waals surface area contributed by atoms with E-state index in [1.165, 1.54) is 5.56 Å². The van der Waals surface area contributed by atoms with Gasteiger partial charge in [-0.1, -0.05) is 30.3 Å². The molecule has 4 rings (SSSR count). The predicted molar refractivity (Wildman–Crippen MR) is 98.8 cm³/mol. The summed E-state index contributed by atoms with van der Waals surface area (Å²) in [7, 11) is 1.99. The Bertz CT molecular complexity index is 752. The van der Waals surface area contributed by atoms with Gasteiger partial charge in [0.05, 0.1) is 36.8 Å². The molecule has 1 aromatic heterocycles. The predicted octanol–water partition coefficient (Wildman–Crippen LogP) is 1.42. The van der Waals surface area contributed by atoms with Crippen LogP contribution in [-0.4, -0.2) is 64.7 Å². The normalized spacial score (nSPS) is 20.8. The number of rotatable bonds is 4. The van der Waals surface area contributed by atoms with Crippen molar-refractivity contribution in [3.8, 4) is 0 Å². The Balaban J connectivity index is 1.50. The van der Waals surface area contributed by atoms with Gasteiger partial charge in [0.1, 0.15) is 0 Å². The van der Waals surface area contributed by atoms with E-state index in [1.54, 1.807) is 0 Å². The van der Waals surface area contributed by atoms with Gasteiger partial charge in [0.25, 0.3) is 0 Å². The first kappa shape index (κ1) is 17.2. The fourth-order valence-corrected chi connectivity index (χ4v) is 3.98. The van der Waals surface area contributed by atoms with Crippen LogP contribution >= 0.6 is 0 Å². The van der Waals surface area contributed by atoms with Crippen molar-refractivity contribution in [2.45, 2.75) is 18.9 Å². The van der Waals surface area contributed by atoms with Gasteiger partial charge in [0, 0.05) is 39.8 Å². The second kappa shape index (κ2) is 7.60. The molecule has 0 aliphatic carbocycles. The van der Waals surface area contributed by atoms with E-state index in [2.05, 4.69) is 34.1 Å². The lowest BCUT2D eigenvalue weighted by Gasteiger charge is -2.36. The number of aryl methyl sites for hydroxylation is 1. The lowest BCUT2D eigenvalue weighted by atomic mass is 9.95. The second-order valence-corrected chi connectivity index (χ2v) is 7.15. The molecule has 1 aromatic carbocycles. The summed E-state index contributed by atoms with van der Waals surface area (Å²) in [6, 6.07) is 10.5. The molecule has 6 nitrogen and oxygen atoms in total. The highest BCUT2D eigenvalue weighted by atomic mass is 16.5. The van der Waals surface area contributed by atoms with Crippen LogP contribution < -0.4 is 0 Å². The molecule has 1 atom stereocenters. The van der Waals surface area contributed by atoms with Crippen molar-refractivity contribution in [2.75, 3.05) is 39.4 Å². The monoisotopic (exact) mass is 354 g/mol. The Morgan fingerprint density at radius 3 is 2.77 bits per heavy atom. The maximum Gasteiger partial charge on any atom is 0.233 e. The number of fused-ring (bicyclic) bond motifs is 1. The minimum absolute atomic E-state index is 0.139. The first-order chi connectivity index (χ1) is 12.7. The van der Waals surface area contributed by atoms with Crippen molar-refractivity contribution >= 4 is 5.91 Å². The average Bonchev–Trinajstić information content (AvgIpc) is 3.07. The third-order valence-corrected chi connectivity index (χ3v) is 5.39. The average molecular weight is 354 g/mol. The van der Waals surface area contributed by atoms with Crippen molar-refractivity contribution < 1.29 is 9.53 Å². The van der Waals surface area contributed by atoms with Gasteiger partial charge in [0.15, 0.2) is 0 Å². The number of hydrogen-bond donors (Lipinski definition) is 0. The third kappa shape index (κ3) is 3.52. The van der Waals surface area contributed by atoms with E-state index in [0.717, 1.165) is 37.4 Å². The van der Waals surface area contributed by atoms with Crippen LogP contribution in [0.4, 0.5) is 0 Å². The Labute approximate surface area is 154 Å². The van der Waals surface area contributed by atoms with Crippen LogP contribution in [0, 0.1) is 0 Å². The first-order valence-corrected chi connectivity index (χ1v) is 9.35. The summed E-state index contributed by atoms with van der Waals surface area (Å²) in [5.74, 6) is 0.0719. The van der Waals surface area contributed by atoms with Gasteiger partial charge in [-0.15, -0.1) is 0 Å². The molecule has 0 bridgehead atoms. The van der Waals surface area contributed by atoms with E-state index in [1.807, 2.05) is 28.9 Å².